The molecule has 4 aromatic rings. The van der Waals surface area contributed by atoms with Crippen molar-refractivity contribution in [3.63, 3.8) is 0 Å². The zero-order chi connectivity index (χ0) is 19.8. The van der Waals surface area contributed by atoms with Gasteiger partial charge in [-0.05, 0) is 49.6 Å². The van der Waals surface area contributed by atoms with Gasteiger partial charge in [-0.15, -0.1) is 5.10 Å². The average molecular weight is 414 g/mol. The predicted octanol–water partition coefficient (Wildman–Crippen LogP) is 5.77. The van der Waals surface area contributed by atoms with Gasteiger partial charge in [-0.1, -0.05) is 42.6 Å². The molecule has 3 aromatic heterocycles. The van der Waals surface area contributed by atoms with E-state index in [1.165, 1.54) is 0 Å². The van der Waals surface area contributed by atoms with Crippen LogP contribution in [0, 0.1) is 13.8 Å². The Balaban J connectivity index is 1.82. The molecule has 0 aliphatic heterocycles. The minimum Gasteiger partial charge on any atom is -0.366 e. The normalized spacial score (nSPS) is 11.5. The van der Waals surface area contributed by atoms with E-state index in [0.717, 1.165) is 52.2 Å². The quantitative estimate of drug-likeness (QED) is 0.451. The zero-order valence-electron chi connectivity index (χ0n) is 16.1. The summed E-state index contributed by atoms with van der Waals surface area (Å²) in [6, 6.07) is 9.64. The summed E-state index contributed by atoms with van der Waals surface area (Å²) in [5, 5.41) is 10.4. The number of fused-ring (bicyclic) bond motifs is 3. The van der Waals surface area contributed by atoms with E-state index >= 15 is 0 Å². The maximum atomic E-state index is 6.33. The minimum atomic E-state index is 0.558. The van der Waals surface area contributed by atoms with Gasteiger partial charge in [0, 0.05) is 34.0 Å². The third-order valence-electron chi connectivity index (χ3n) is 4.71. The summed E-state index contributed by atoms with van der Waals surface area (Å²) >= 11 is 12.3. The molecule has 0 spiro atoms. The van der Waals surface area contributed by atoms with Crippen LogP contribution in [0.2, 0.25) is 10.0 Å². The van der Waals surface area contributed by atoms with Crippen LogP contribution in [0.15, 0.2) is 30.3 Å². The molecular weight excluding hydrogens is 393 g/mol. The van der Waals surface area contributed by atoms with Gasteiger partial charge < -0.3 is 5.32 Å². The Bertz CT molecular complexity index is 1180. The van der Waals surface area contributed by atoms with E-state index in [2.05, 4.69) is 30.2 Å². The number of halogens is 2. The third kappa shape index (κ3) is 3.52. The van der Waals surface area contributed by atoms with Crippen LogP contribution in [0.4, 0.5) is 5.82 Å². The number of rotatable bonds is 5. The van der Waals surface area contributed by atoms with Crippen molar-refractivity contribution in [2.45, 2.75) is 40.2 Å². The first kappa shape index (κ1) is 19.0. The molecule has 0 fully saturated rings. The summed E-state index contributed by atoms with van der Waals surface area (Å²) in [6.07, 6.45) is 1.92. The van der Waals surface area contributed by atoms with E-state index in [1.807, 2.05) is 29.6 Å². The van der Waals surface area contributed by atoms with Crippen LogP contribution in [0.3, 0.4) is 0 Å². The molecule has 7 heteroatoms. The monoisotopic (exact) mass is 413 g/mol. The predicted molar refractivity (Wildman–Crippen MR) is 116 cm³/mol. The van der Waals surface area contributed by atoms with Crippen molar-refractivity contribution < 1.29 is 0 Å². The second-order valence-corrected chi connectivity index (χ2v) is 7.83. The van der Waals surface area contributed by atoms with Gasteiger partial charge in [0.2, 0.25) is 0 Å². The molecule has 0 aliphatic rings. The summed E-state index contributed by atoms with van der Waals surface area (Å²) in [4.78, 5) is 9.46. The highest BCUT2D eigenvalue weighted by Gasteiger charge is 2.15. The van der Waals surface area contributed by atoms with Crippen LogP contribution >= 0.6 is 23.2 Å². The van der Waals surface area contributed by atoms with Crippen LogP contribution < -0.4 is 5.32 Å². The second kappa shape index (κ2) is 7.57. The lowest BCUT2D eigenvalue weighted by Gasteiger charge is -2.11. The van der Waals surface area contributed by atoms with E-state index < -0.39 is 0 Å². The molecule has 1 aromatic carbocycles. The first-order valence-electron chi connectivity index (χ1n) is 9.30. The SMILES string of the molecule is CCCc1cc(NCc2ccc(Cl)cc2Cl)n2nc3nc(C)cc(C)c3c2n1. The highest BCUT2D eigenvalue weighted by Crippen LogP contribution is 2.26. The lowest BCUT2D eigenvalue weighted by Crippen LogP contribution is -2.08. The van der Waals surface area contributed by atoms with Crippen molar-refractivity contribution in [1.82, 2.24) is 19.6 Å². The molecule has 0 aliphatic carbocycles. The molecule has 0 bridgehead atoms. The fraction of sp³-hybridized carbons (Fsp3) is 0.286. The number of pyridine rings is 1. The Kier molecular flexibility index (Phi) is 5.13. The van der Waals surface area contributed by atoms with Crippen LogP contribution in [0.25, 0.3) is 16.7 Å². The maximum Gasteiger partial charge on any atom is 0.184 e. The van der Waals surface area contributed by atoms with Gasteiger partial charge >= 0.3 is 0 Å². The largest absolute Gasteiger partial charge is 0.366 e. The molecule has 4 rings (SSSR count). The van der Waals surface area contributed by atoms with Crippen molar-refractivity contribution in [2.24, 2.45) is 0 Å². The molecule has 28 heavy (non-hydrogen) atoms. The molecule has 0 unspecified atom stereocenters. The summed E-state index contributed by atoms with van der Waals surface area (Å²) < 4.78 is 1.84. The molecule has 0 radical (unpaired) electrons. The summed E-state index contributed by atoms with van der Waals surface area (Å²) in [7, 11) is 0. The lowest BCUT2D eigenvalue weighted by atomic mass is 10.2. The van der Waals surface area contributed by atoms with Crippen molar-refractivity contribution in [3.8, 4) is 0 Å². The van der Waals surface area contributed by atoms with Gasteiger partial charge in [0.1, 0.15) is 5.82 Å². The molecule has 3 heterocycles. The summed E-state index contributed by atoms with van der Waals surface area (Å²) in [5.41, 5.74) is 5.62. The average Bonchev–Trinajstić information content (AvgIpc) is 2.99. The number of hydrogen-bond acceptors (Lipinski definition) is 4. The Morgan fingerprint density at radius 3 is 2.64 bits per heavy atom. The molecule has 5 nitrogen and oxygen atoms in total. The summed E-state index contributed by atoms with van der Waals surface area (Å²) in [6.45, 7) is 6.76. The fourth-order valence-corrected chi connectivity index (χ4v) is 3.91. The topological polar surface area (TPSA) is 55.1 Å². The van der Waals surface area contributed by atoms with Gasteiger partial charge in [0.25, 0.3) is 0 Å². The van der Waals surface area contributed by atoms with Gasteiger partial charge in [-0.3, -0.25) is 0 Å². The molecule has 0 saturated carbocycles. The van der Waals surface area contributed by atoms with E-state index in [0.29, 0.717) is 22.2 Å². The van der Waals surface area contributed by atoms with Gasteiger partial charge in [0.15, 0.2) is 11.3 Å². The number of benzene rings is 1. The Morgan fingerprint density at radius 1 is 1.07 bits per heavy atom. The van der Waals surface area contributed by atoms with E-state index in [-0.39, 0.29) is 0 Å². The van der Waals surface area contributed by atoms with Crippen LogP contribution in [0.5, 0.6) is 0 Å². The van der Waals surface area contributed by atoms with E-state index in [9.17, 15) is 0 Å². The number of anilines is 1. The molecule has 1 N–H and O–H groups in total. The molecule has 144 valence electrons. The first-order chi connectivity index (χ1) is 13.5. The standard InChI is InChI=1S/C21H21Cl2N5/c1-4-5-16-10-18(24-11-14-6-7-15(22)9-17(14)23)28-21(26-16)19-12(2)8-13(3)25-20(19)27-28/h6-10,24H,4-5,11H2,1-3H3. The lowest BCUT2D eigenvalue weighted by molar-refractivity contribution is 0.858. The Hall–Kier alpha value is -2.37. The first-order valence-corrected chi connectivity index (χ1v) is 10.1. The fourth-order valence-electron chi connectivity index (χ4n) is 3.43. The van der Waals surface area contributed by atoms with Crippen LogP contribution in [-0.4, -0.2) is 19.6 Å². The van der Waals surface area contributed by atoms with E-state index in [1.54, 1.807) is 6.07 Å². The van der Waals surface area contributed by atoms with Crippen molar-refractivity contribution in [3.05, 3.63) is 62.9 Å². The van der Waals surface area contributed by atoms with Crippen molar-refractivity contribution >= 4 is 45.7 Å². The minimum absolute atomic E-state index is 0.558. The van der Waals surface area contributed by atoms with Crippen molar-refractivity contribution in [1.29, 1.82) is 0 Å². The van der Waals surface area contributed by atoms with Crippen molar-refractivity contribution in [2.75, 3.05) is 5.32 Å². The highest BCUT2D eigenvalue weighted by molar-refractivity contribution is 6.35. The van der Waals surface area contributed by atoms with Crippen LogP contribution in [0.1, 0.15) is 35.9 Å². The number of aryl methyl sites for hydroxylation is 3. The summed E-state index contributed by atoms with van der Waals surface area (Å²) in [5.74, 6) is 0.870. The Labute approximate surface area is 173 Å². The van der Waals surface area contributed by atoms with Gasteiger partial charge in [-0.2, -0.15) is 4.52 Å². The molecule has 0 atom stereocenters. The number of aromatic nitrogens is 4. The zero-order valence-corrected chi connectivity index (χ0v) is 17.6. The molecule has 0 saturated heterocycles. The second-order valence-electron chi connectivity index (χ2n) is 6.99. The Morgan fingerprint density at radius 2 is 1.89 bits per heavy atom. The van der Waals surface area contributed by atoms with Gasteiger partial charge in [-0.25, -0.2) is 9.97 Å². The molecule has 0 amide bonds. The number of nitrogens with one attached hydrogen (secondary N) is 1. The molecular formula is C21H21Cl2N5. The van der Waals surface area contributed by atoms with Crippen LogP contribution in [-0.2, 0) is 13.0 Å². The number of hydrogen-bond donors (Lipinski definition) is 1. The number of nitrogens with zero attached hydrogens (tertiary/aromatic N) is 4. The smallest absolute Gasteiger partial charge is 0.184 e. The maximum absolute atomic E-state index is 6.33. The highest BCUT2D eigenvalue weighted by atomic mass is 35.5. The third-order valence-corrected chi connectivity index (χ3v) is 5.29. The van der Waals surface area contributed by atoms with Gasteiger partial charge in [0.05, 0.1) is 5.39 Å². The van der Waals surface area contributed by atoms with E-state index in [4.69, 9.17) is 33.3 Å².